The molecule has 1 rings (SSSR count). The van der Waals surface area contributed by atoms with Crippen LogP contribution in [0.15, 0.2) is 0 Å². The van der Waals surface area contributed by atoms with E-state index in [1.165, 1.54) is 0 Å². The Balaban J connectivity index is 2.57. The summed E-state index contributed by atoms with van der Waals surface area (Å²) >= 11 is 0. The van der Waals surface area contributed by atoms with E-state index in [4.69, 9.17) is 0 Å². The van der Waals surface area contributed by atoms with Gasteiger partial charge in [0.05, 0.1) is 11.7 Å². The van der Waals surface area contributed by atoms with Crippen LogP contribution in [0, 0.1) is 11.8 Å². The molecule has 1 saturated carbocycles. The van der Waals surface area contributed by atoms with Gasteiger partial charge in [0, 0.05) is 5.92 Å². The Morgan fingerprint density at radius 3 is 2.25 bits per heavy atom. The molecule has 0 amide bonds. The average Bonchev–Trinajstić information content (AvgIpc) is 1.83. The van der Waals surface area contributed by atoms with Gasteiger partial charge >= 0.3 is 0 Å². The summed E-state index contributed by atoms with van der Waals surface area (Å²) in [6, 6.07) is 0. The highest BCUT2D eigenvalue weighted by Crippen LogP contribution is 2.35. The van der Waals surface area contributed by atoms with Crippen LogP contribution in [0.3, 0.4) is 0 Å². The van der Waals surface area contributed by atoms with E-state index >= 15 is 0 Å². The number of aliphatic hydroxyl groups excluding tert-OH is 1. The molecule has 0 heterocycles. The van der Waals surface area contributed by atoms with Crippen molar-refractivity contribution in [2.45, 2.75) is 51.7 Å². The van der Waals surface area contributed by atoms with E-state index in [1.54, 1.807) is 13.8 Å². The number of aliphatic hydroxyl groups is 2. The van der Waals surface area contributed by atoms with E-state index in [0.717, 1.165) is 19.3 Å². The third-order valence-corrected chi connectivity index (χ3v) is 2.99. The van der Waals surface area contributed by atoms with Gasteiger partial charge < -0.3 is 10.2 Å². The minimum atomic E-state index is -0.723. The standard InChI is InChI=1S/C10H20O2/c1-7-4-5-8(9(11)6-7)10(2,3)12/h7-9,11-12H,4-6H2,1-3H3/t7-,8+,9-/m1/s1. The van der Waals surface area contributed by atoms with E-state index in [9.17, 15) is 10.2 Å². The van der Waals surface area contributed by atoms with Gasteiger partial charge in [-0.15, -0.1) is 0 Å². The smallest absolute Gasteiger partial charge is 0.0644 e. The third-order valence-electron chi connectivity index (χ3n) is 2.99. The first-order chi connectivity index (χ1) is 5.41. The molecule has 0 spiro atoms. The van der Waals surface area contributed by atoms with Crippen LogP contribution in [0.2, 0.25) is 0 Å². The highest BCUT2D eigenvalue weighted by molar-refractivity contribution is 4.87. The fourth-order valence-corrected chi connectivity index (χ4v) is 2.17. The molecule has 12 heavy (non-hydrogen) atoms. The molecule has 0 unspecified atom stereocenters. The molecule has 0 aromatic carbocycles. The third kappa shape index (κ3) is 2.20. The van der Waals surface area contributed by atoms with Gasteiger partial charge in [0.1, 0.15) is 0 Å². The molecule has 0 bridgehead atoms. The second-order valence-electron chi connectivity index (χ2n) is 4.75. The zero-order chi connectivity index (χ0) is 9.35. The molecule has 1 aliphatic rings. The highest BCUT2D eigenvalue weighted by atomic mass is 16.3. The molecule has 72 valence electrons. The van der Waals surface area contributed by atoms with Gasteiger partial charge in [-0.3, -0.25) is 0 Å². The Kier molecular flexibility index (Phi) is 2.79. The fraction of sp³-hybridized carbons (Fsp3) is 1.00. The number of hydrogen-bond acceptors (Lipinski definition) is 2. The fourth-order valence-electron chi connectivity index (χ4n) is 2.17. The molecule has 1 fully saturated rings. The van der Waals surface area contributed by atoms with E-state index in [0.29, 0.717) is 5.92 Å². The van der Waals surface area contributed by atoms with Gasteiger partial charge in [0.2, 0.25) is 0 Å². The molecule has 3 atom stereocenters. The van der Waals surface area contributed by atoms with E-state index in [2.05, 4.69) is 6.92 Å². The van der Waals surface area contributed by atoms with Gasteiger partial charge in [0.25, 0.3) is 0 Å². The molecule has 0 radical (unpaired) electrons. The maximum absolute atomic E-state index is 9.74. The Labute approximate surface area is 74.6 Å². The lowest BCUT2D eigenvalue weighted by Crippen LogP contribution is -2.42. The topological polar surface area (TPSA) is 40.5 Å². The second kappa shape index (κ2) is 3.35. The summed E-state index contributed by atoms with van der Waals surface area (Å²) in [6.45, 7) is 5.73. The normalized spacial score (nSPS) is 38.2. The molecule has 0 saturated heterocycles. The first-order valence-electron chi connectivity index (χ1n) is 4.81. The zero-order valence-electron chi connectivity index (χ0n) is 8.25. The van der Waals surface area contributed by atoms with Gasteiger partial charge in [0.15, 0.2) is 0 Å². The molecule has 0 aromatic rings. The monoisotopic (exact) mass is 172 g/mol. The lowest BCUT2D eigenvalue weighted by Gasteiger charge is -2.38. The summed E-state index contributed by atoms with van der Waals surface area (Å²) in [5.74, 6) is 0.673. The number of rotatable bonds is 1. The molecule has 2 heteroatoms. The zero-order valence-corrected chi connectivity index (χ0v) is 8.25. The first-order valence-corrected chi connectivity index (χ1v) is 4.81. The van der Waals surface area contributed by atoms with Crippen LogP contribution in [-0.2, 0) is 0 Å². The predicted octanol–water partition coefficient (Wildman–Crippen LogP) is 1.55. The Hall–Kier alpha value is -0.0800. The van der Waals surface area contributed by atoms with Crippen LogP contribution in [0.5, 0.6) is 0 Å². The second-order valence-corrected chi connectivity index (χ2v) is 4.75. The van der Waals surface area contributed by atoms with Crippen molar-refractivity contribution in [3.05, 3.63) is 0 Å². The number of hydrogen-bond donors (Lipinski definition) is 2. The SMILES string of the molecule is C[C@@H]1CC[C@H](C(C)(C)O)[C@H](O)C1. The van der Waals surface area contributed by atoms with Gasteiger partial charge in [-0.1, -0.05) is 13.3 Å². The molecular weight excluding hydrogens is 152 g/mol. The minimum absolute atomic E-state index is 0.0636. The summed E-state index contributed by atoms with van der Waals surface area (Å²) < 4.78 is 0. The van der Waals surface area contributed by atoms with Gasteiger partial charge in [-0.05, 0) is 32.6 Å². The van der Waals surface area contributed by atoms with Crippen LogP contribution in [0.1, 0.15) is 40.0 Å². The van der Waals surface area contributed by atoms with Crippen LogP contribution >= 0.6 is 0 Å². The minimum Gasteiger partial charge on any atom is -0.393 e. The molecule has 0 aromatic heterocycles. The van der Waals surface area contributed by atoms with Crippen molar-refractivity contribution in [3.8, 4) is 0 Å². The van der Waals surface area contributed by atoms with Crippen molar-refractivity contribution >= 4 is 0 Å². The summed E-state index contributed by atoms with van der Waals surface area (Å²) in [4.78, 5) is 0. The van der Waals surface area contributed by atoms with Crippen molar-refractivity contribution in [1.82, 2.24) is 0 Å². The molecule has 2 nitrogen and oxygen atoms in total. The first kappa shape index (κ1) is 10.0. The lowest BCUT2D eigenvalue weighted by molar-refractivity contribution is -0.0730. The molecule has 2 N–H and O–H groups in total. The van der Waals surface area contributed by atoms with Gasteiger partial charge in [-0.25, -0.2) is 0 Å². The van der Waals surface area contributed by atoms with Crippen molar-refractivity contribution in [3.63, 3.8) is 0 Å². The summed E-state index contributed by atoms with van der Waals surface area (Å²) in [5, 5.41) is 19.5. The van der Waals surface area contributed by atoms with Crippen LogP contribution in [0.4, 0.5) is 0 Å². The van der Waals surface area contributed by atoms with Crippen molar-refractivity contribution in [2.24, 2.45) is 11.8 Å². The van der Waals surface area contributed by atoms with Crippen molar-refractivity contribution < 1.29 is 10.2 Å². The predicted molar refractivity (Wildman–Crippen MR) is 48.8 cm³/mol. The quantitative estimate of drug-likeness (QED) is 0.630. The lowest BCUT2D eigenvalue weighted by atomic mass is 9.73. The Bertz CT molecular complexity index is 148. The maximum atomic E-state index is 9.74. The van der Waals surface area contributed by atoms with E-state index in [1.807, 2.05) is 0 Å². The van der Waals surface area contributed by atoms with Gasteiger partial charge in [-0.2, -0.15) is 0 Å². The summed E-state index contributed by atoms with van der Waals surface area (Å²) in [5.41, 5.74) is -0.723. The molecular formula is C10H20O2. The van der Waals surface area contributed by atoms with Crippen molar-refractivity contribution in [2.75, 3.05) is 0 Å². The summed E-state index contributed by atoms with van der Waals surface area (Å²) in [6.07, 6.45) is 2.61. The van der Waals surface area contributed by atoms with Crippen molar-refractivity contribution in [1.29, 1.82) is 0 Å². The van der Waals surface area contributed by atoms with E-state index < -0.39 is 5.60 Å². The van der Waals surface area contributed by atoms with Crippen LogP contribution in [-0.4, -0.2) is 21.9 Å². The Morgan fingerprint density at radius 2 is 1.83 bits per heavy atom. The highest BCUT2D eigenvalue weighted by Gasteiger charge is 2.36. The largest absolute Gasteiger partial charge is 0.393 e. The molecule has 1 aliphatic carbocycles. The maximum Gasteiger partial charge on any atom is 0.0644 e. The van der Waals surface area contributed by atoms with Crippen LogP contribution in [0.25, 0.3) is 0 Å². The average molecular weight is 172 g/mol. The molecule has 0 aliphatic heterocycles. The van der Waals surface area contributed by atoms with E-state index in [-0.39, 0.29) is 12.0 Å². The van der Waals surface area contributed by atoms with Crippen LogP contribution < -0.4 is 0 Å². The Morgan fingerprint density at radius 1 is 1.25 bits per heavy atom. The summed E-state index contributed by atoms with van der Waals surface area (Å²) in [7, 11) is 0.